The Kier molecular flexibility index (Phi) is 6.56. The number of hydrazine groups is 1. The van der Waals surface area contributed by atoms with Crippen molar-refractivity contribution in [2.24, 2.45) is 0 Å². The van der Waals surface area contributed by atoms with Crippen molar-refractivity contribution in [3.05, 3.63) is 41.4 Å². The average Bonchev–Trinajstić information content (AvgIpc) is 2.96. The van der Waals surface area contributed by atoms with Gasteiger partial charge in [0.2, 0.25) is 0 Å². The van der Waals surface area contributed by atoms with Gasteiger partial charge in [0, 0.05) is 24.1 Å². The Balaban J connectivity index is 1.97. The minimum absolute atomic E-state index is 0.178. The number of aryl methyl sites for hydroxylation is 1. The van der Waals surface area contributed by atoms with Gasteiger partial charge in [0.1, 0.15) is 10.8 Å². The van der Waals surface area contributed by atoms with Crippen LogP contribution in [0.25, 0.3) is 0 Å². The van der Waals surface area contributed by atoms with Crippen LogP contribution in [0.1, 0.15) is 35.7 Å². The van der Waals surface area contributed by atoms with E-state index in [1.54, 1.807) is 18.3 Å². The van der Waals surface area contributed by atoms with Crippen LogP contribution in [-0.2, 0) is 5.75 Å². The molecule has 2 aromatic rings. The number of hydrogen-bond donors (Lipinski definition) is 3. The molecule has 0 fully saturated rings. The number of rotatable bonds is 5. The number of pyridine rings is 1. The van der Waals surface area contributed by atoms with Gasteiger partial charge in [0.15, 0.2) is 5.11 Å². The minimum atomic E-state index is -0.310. The first-order valence-corrected chi connectivity index (χ1v) is 8.72. The Hall–Kier alpha value is -2.13. The summed E-state index contributed by atoms with van der Waals surface area (Å²) in [6, 6.07) is 5.45. The van der Waals surface area contributed by atoms with Gasteiger partial charge in [-0.2, -0.15) is 0 Å². The first-order valence-electron chi connectivity index (χ1n) is 7.32. The molecule has 9 heteroatoms. The van der Waals surface area contributed by atoms with Crippen LogP contribution in [0.2, 0.25) is 0 Å². The molecule has 0 spiro atoms. The summed E-state index contributed by atoms with van der Waals surface area (Å²) >= 11 is 6.49. The zero-order valence-electron chi connectivity index (χ0n) is 13.6. The summed E-state index contributed by atoms with van der Waals surface area (Å²) in [5.41, 5.74) is 6.50. The van der Waals surface area contributed by atoms with Gasteiger partial charge >= 0.3 is 0 Å². The molecule has 0 saturated heterocycles. The molecule has 2 rings (SSSR count). The van der Waals surface area contributed by atoms with Crippen molar-refractivity contribution in [1.82, 2.24) is 26.3 Å². The van der Waals surface area contributed by atoms with Crippen molar-refractivity contribution < 1.29 is 9.32 Å². The van der Waals surface area contributed by atoms with E-state index < -0.39 is 0 Å². The van der Waals surface area contributed by atoms with Gasteiger partial charge < -0.3 is 9.84 Å². The number of carbonyl (C=O) groups excluding carboxylic acids is 1. The fraction of sp³-hybridized carbons (Fsp3) is 0.333. The lowest BCUT2D eigenvalue weighted by molar-refractivity contribution is 0.0940. The number of thioether (sulfide) groups is 1. The summed E-state index contributed by atoms with van der Waals surface area (Å²) in [6.45, 7) is 5.75. The average molecular weight is 365 g/mol. The van der Waals surface area contributed by atoms with Gasteiger partial charge in [0.05, 0.1) is 11.3 Å². The summed E-state index contributed by atoms with van der Waals surface area (Å²) in [6.07, 6.45) is 1.64. The molecule has 128 valence electrons. The summed E-state index contributed by atoms with van der Waals surface area (Å²) in [5.74, 6) is 1.00. The number of aromatic nitrogens is 2. The second-order valence-corrected chi connectivity index (χ2v) is 6.65. The van der Waals surface area contributed by atoms with Crippen molar-refractivity contribution in [3.63, 3.8) is 0 Å². The van der Waals surface area contributed by atoms with Crippen LogP contribution in [0.3, 0.4) is 0 Å². The molecule has 2 heterocycles. The molecule has 24 heavy (non-hydrogen) atoms. The normalized spacial score (nSPS) is 10.5. The molecule has 0 unspecified atom stereocenters. The first-order chi connectivity index (χ1) is 11.5. The molecule has 3 N–H and O–H groups in total. The number of hydrogen-bond acceptors (Lipinski definition) is 6. The zero-order chi connectivity index (χ0) is 17.5. The molecule has 0 aliphatic heterocycles. The van der Waals surface area contributed by atoms with Crippen molar-refractivity contribution in [2.45, 2.75) is 37.6 Å². The summed E-state index contributed by atoms with van der Waals surface area (Å²) < 4.78 is 5.03. The Morgan fingerprint density at radius 2 is 2.21 bits per heavy atom. The van der Waals surface area contributed by atoms with E-state index in [1.807, 2.05) is 26.8 Å². The van der Waals surface area contributed by atoms with Crippen molar-refractivity contribution >= 4 is 35.0 Å². The van der Waals surface area contributed by atoms with Crippen LogP contribution >= 0.6 is 24.0 Å². The highest BCUT2D eigenvalue weighted by Crippen LogP contribution is 2.23. The molecule has 0 bridgehead atoms. The van der Waals surface area contributed by atoms with E-state index >= 15 is 0 Å². The summed E-state index contributed by atoms with van der Waals surface area (Å²) in [4.78, 5) is 16.6. The SMILES string of the molecule is Cc1cc(CSc2ncccc2C(=O)NNC(=S)NC(C)C)no1. The Labute approximate surface area is 149 Å². The maximum absolute atomic E-state index is 12.3. The van der Waals surface area contributed by atoms with E-state index in [0.29, 0.717) is 21.5 Å². The Morgan fingerprint density at radius 1 is 1.42 bits per heavy atom. The molecule has 0 aliphatic carbocycles. The lowest BCUT2D eigenvalue weighted by atomic mass is 10.3. The predicted molar refractivity (Wildman–Crippen MR) is 96.5 cm³/mol. The largest absolute Gasteiger partial charge is 0.361 e. The fourth-order valence-electron chi connectivity index (χ4n) is 1.79. The topological polar surface area (TPSA) is 92.1 Å². The molecule has 1 amide bonds. The highest BCUT2D eigenvalue weighted by atomic mass is 32.2. The van der Waals surface area contributed by atoms with Gasteiger partial charge in [-0.25, -0.2) is 4.98 Å². The molecule has 0 aromatic carbocycles. The quantitative estimate of drug-likeness (QED) is 0.422. The number of carbonyl (C=O) groups is 1. The monoisotopic (exact) mass is 365 g/mol. The molecule has 7 nitrogen and oxygen atoms in total. The zero-order valence-corrected chi connectivity index (χ0v) is 15.3. The van der Waals surface area contributed by atoms with Gasteiger partial charge in [-0.15, -0.1) is 0 Å². The van der Waals surface area contributed by atoms with Crippen LogP contribution in [0.5, 0.6) is 0 Å². The van der Waals surface area contributed by atoms with E-state index in [0.717, 1.165) is 11.5 Å². The van der Waals surface area contributed by atoms with Gasteiger partial charge in [-0.05, 0) is 45.1 Å². The van der Waals surface area contributed by atoms with Crippen molar-refractivity contribution in [3.8, 4) is 0 Å². The van der Waals surface area contributed by atoms with Crippen molar-refractivity contribution in [1.29, 1.82) is 0 Å². The molecule has 0 atom stereocenters. The number of nitrogens with zero attached hydrogens (tertiary/aromatic N) is 2. The smallest absolute Gasteiger partial charge is 0.272 e. The van der Waals surface area contributed by atoms with Crippen LogP contribution in [-0.4, -0.2) is 27.2 Å². The minimum Gasteiger partial charge on any atom is -0.361 e. The predicted octanol–water partition coefficient (Wildman–Crippen LogP) is 2.19. The summed E-state index contributed by atoms with van der Waals surface area (Å²) in [7, 11) is 0. The number of nitrogens with one attached hydrogen (secondary N) is 3. The molecule has 0 saturated carbocycles. The van der Waals surface area contributed by atoms with Gasteiger partial charge in [0.25, 0.3) is 5.91 Å². The Bertz CT molecular complexity index is 717. The fourth-order valence-corrected chi connectivity index (χ4v) is 2.95. The maximum atomic E-state index is 12.3. The molecular formula is C15H19N5O2S2. The molecular weight excluding hydrogens is 346 g/mol. The third kappa shape index (κ3) is 5.50. The van der Waals surface area contributed by atoms with Crippen LogP contribution in [0.4, 0.5) is 0 Å². The van der Waals surface area contributed by atoms with Gasteiger partial charge in [-0.1, -0.05) is 16.9 Å². The van der Waals surface area contributed by atoms with E-state index in [2.05, 4.69) is 26.3 Å². The Morgan fingerprint density at radius 3 is 2.88 bits per heavy atom. The van der Waals surface area contributed by atoms with E-state index in [4.69, 9.17) is 16.7 Å². The second kappa shape index (κ2) is 8.65. The van der Waals surface area contributed by atoms with E-state index in [9.17, 15) is 4.79 Å². The van der Waals surface area contributed by atoms with Crippen LogP contribution in [0.15, 0.2) is 33.9 Å². The summed E-state index contributed by atoms with van der Waals surface area (Å²) in [5, 5.41) is 7.88. The van der Waals surface area contributed by atoms with Gasteiger partial charge in [-0.3, -0.25) is 15.6 Å². The third-order valence-corrected chi connectivity index (χ3v) is 4.02. The third-order valence-electron chi connectivity index (χ3n) is 2.76. The first kappa shape index (κ1) is 18.2. The standard InChI is InChI=1S/C15H19N5O2S2/c1-9(2)17-15(23)19-18-13(21)12-5-4-6-16-14(12)24-8-11-7-10(3)22-20-11/h4-7,9H,8H2,1-3H3,(H,18,21)(H2,17,19,23). The number of amides is 1. The van der Waals surface area contributed by atoms with Crippen molar-refractivity contribution in [2.75, 3.05) is 0 Å². The van der Waals surface area contributed by atoms with Crippen LogP contribution in [0, 0.1) is 6.92 Å². The molecule has 0 radical (unpaired) electrons. The second-order valence-electron chi connectivity index (χ2n) is 5.28. The van der Waals surface area contributed by atoms with E-state index in [-0.39, 0.29) is 11.9 Å². The maximum Gasteiger partial charge on any atom is 0.272 e. The molecule has 2 aromatic heterocycles. The molecule has 0 aliphatic rings. The van der Waals surface area contributed by atoms with Crippen LogP contribution < -0.4 is 16.2 Å². The van der Waals surface area contributed by atoms with E-state index in [1.165, 1.54) is 11.8 Å². The lowest BCUT2D eigenvalue weighted by Gasteiger charge is -2.14. The lowest BCUT2D eigenvalue weighted by Crippen LogP contribution is -2.48. The number of thiocarbonyl (C=S) groups is 1. The highest BCUT2D eigenvalue weighted by Gasteiger charge is 2.14. The highest BCUT2D eigenvalue weighted by molar-refractivity contribution is 7.98.